The Balaban J connectivity index is 1.52. The third-order valence-corrected chi connectivity index (χ3v) is 4.25. The quantitative estimate of drug-likeness (QED) is 0.650. The molecule has 0 spiro atoms. The number of aryl methyl sites for hydroxylation is 1. The number of hydrogen-bond donors (Lipinski definition) is 1. The van der Waals surface area contributed by atoms with E-state index in [1.807, 2.05) is 6.07 Å². The van der Waals surface area contributed by atoms with E-state index in [0.29, 0.717) is 12.6 Å². The topological polar surface area (TPSA) is 82.2 Å². The second kappa shape index (κ2) is 6.78. The second-order valence-electron chi connectivity index (χ2n) is 5.75. The van der Waals surface area contributed by atoms with Gasteiger partial charge < -0.3 is 10.1 Å². The standard InChI is InChI=1S/C16H20N4O3/c1-23-16-5-3-12-2-4-14(8-13(12)9-16)17-6-7-19-11-15(10-18-19)20(21)22/h3,5,9-11,14,17H,2,4,6-8H2,1H3. The maximum absolute atomic E-state index is 10.6. The maximum atomic E-state index is 10.6. The van der Waals surface area contributed by atoms with Crippen LogP contribution in [0.25, 0.3) is 0 Å². The minimum absolute atomic E-state index is 0.0312. The highest BCUT2D eigenvalue weighted by molar-refractivity contribution is 5.37. The highest BCUT2D eigenvalue weighted by Gasteiger charge is 2.18. The van der Waals surface area contributed by atoms with E-state index < -0.39 is 4.92 Å². The molecule has 0 radical (unpaired) electrons. The molecule has 0 bridgehead atoms. The molecule has 0 aliphatic heterocycles. The molecule has 1 aliphatic carbocycles. The summed E-state index contributed by atoms with van der Waals surface area (Å²) < 4.78 is 6.89. The van der Waals surface area contributed by atoms with Crippen LogP contribution in [0.15, 0.2) is 30.6 Å². The zero-order valence-corrected chi connectivity index (χ0v) is 13.1. The van der Waals surface area contributed by atoms with E-state index in [1.54, 1.807) is 11.8 Å². The van der Waals surface area contributed by atoms with Crippen LogP contribution in [0.4, 0.5) is 5.69 Å². The Morgan fingerprint density at radius 1 is 1.48 bits per heavy atom. The number of nitrogens with zero attached hydrogens (tertiary/aromatic N) is 3. The number of fused-ring (bicyclic) bond motifs is 1. The summed E-state index contributed by atoms with van der Waals surface area (Å²) in [5.74, 6) is 0.897. The van der Waals surface area contributed by atoms with Crippen molar-refractivity contribution in [1.29, 1.82) is 0 Å². The first-order valence-electron chi connectivity index (χ1n) is 7.71. The molecule has 0 saturated heterocycles. The summed E-state index contributed by atoms with van der Waals surface area (Å²) in [6.45, 7) is 1.36. The minimum atomic E-state index is -0.428. The van der Waals surface area contributed by atoms with Crippen molar-refractivity contribution in [1.82, 2.24) is 15.1 Å². The Morgan fingerprint density at radius 3 is 3.09 bits per heavy atom. The van der Waals surface area contributed by atoms with Crippen LogP contribution in [0.3, 0.4) is 0 Å². The Morgan fingerprint density at radius 2 is 2.35 bits per heavy atom. The number of benzene rings is 1. The first kappa shape index (κ1) is 15.5. The summed E-state index contributed by atoms with van der Waals surface area (Å²) in [6, 6.07) is 6.69. The molecule has 7 nitrogen and oxygen atoms in total. The molecule has 1 aromatic carbocycles. The highest BCUT2D eigenvalue weighted by atomic mass is 16.6. The Kier molecular flexibility index (Phi) is 4.57. The molecule has 122 valence electrons. The van der Waals surface area contributed by atoms with Gasteiger partial charge in [0.05, 0.1) is 18.6 Å². The number of hydrogen-bond acceptors (Lipinski definition) is 5. The third kappa shape index (κ3) is 3.68. The van der Waals surface area contributed by atoms with Crippen molar-refractivity contribution >= 4 is 5.69 Å². The zero-order valence-electron chi connectivity index (χ0n) is 13.1. The van der Waals surface area contributed by atoms with E-state index in [0.717, 1.165) is 31.6 Å². The molecule has 1 N–H and O–H groups in total. The van der Waals surface area contributed by atoms with Gasteiger partial charge in [-0.1, -0.05) is 6.07 Å². The van der Waals surface area contributed by atoms with Crippen LogP contribution in [0, 0.1) is 10.1 Å². The Bertz CT molecular complexity index is 698. The van der Waals surface area contributed by atoms with Crippen molar-refractivity contribution in [3.05, 3.63) is 51.8 Å². The van der Waals surface area contributed by atoms with Gasteiger partial charge in [-0.3, -0.25) is 14.8 Å². The van der Waals surface area contributed by atoms with Gasteiger partial charge in [-0.2, -0.15) is 5.10 Å². The number of aromatic nitrogens is 2. The normalized spacial score (nSPS) is 16.8. The molecule has 23 heavy (non-hydrogen) atoms. The molecule has 1 aromatic heterocycles. The zero-order chi connectivity index (χ0) is 16.2. The van der Waals surface area contributed by atoms with Crippen molar-refractivity contribution < 1.29 is 9.66 Å². The van der Waals surface area contributed by atoms with Gasteiger partial charge >= 0.3 is 5.69 Å². The molecular formula is C16H20N4O3. The van der Waals surface area contributed by atoms with Gasteiger partial charge in [0, 0.05) is 12.6 Å². The van der Waals surface area contributed by atoms with Crippen LogP contribution >= 0.6 is 0 Å². The summed E-state index contributed by atoms with van der Waals surface area (Å²) in [6.07, 6.45) is 5.88. The molecule has 3 rings (SSSR count). The monoisotopic (exact) mass is 316 g/mol. The van der Waals surface area contributed by atoms with Crippen molar-refractivity contribution in [2.24, 2.45) is 0 Å². The van der Waals surface area contributed by atoms with E-state index in [1.165, 1.54) is 23.5 Å². The fourth-order valence-electron chi connectivity index (χ4n) is 2.99. The summed E-state index contributed by atoms with van der Waals surface area (Å²) >= 11 is 0. The summed E-state index contributed by atoms with van der Waals surface area (Å²) in [4.78, 5) is 10.2. The SMILES string of the molecule is COc1ccc2c(c1)CC(NCCn1cc([N+](=O)[O-])cn1)CC2. The number of nitrogens with one attached hydrogen (secondary N) is 1. The molecule has 0 fully saturated rings. The lowest BCUT2D eigenvalue weighted by molar-refractivity contribution is -0.385. The van der Waals surface area contributed by atoms with Gasteiger partial charge in [0.2, 0.25) is 0 Å². The second-order valence-corrected chi connectivity index (χ2v) is 5.75. The van der Waals surface area contributed by atoms with Gasteiger partial charge in [0.1, 0.15) is 18.1 Å². The largest absolute Gasteiger partial charge is 0.497 e. The lowest BCUT2D eigenvalue weighted by Crippen LogP contribution is -2.36. The van der Waals surface area contributed by atoms with Crippen LogP contribution in [-0.2, 0) is 19.4 Å². The fourth-order valence-corrected chi connectivity index (χ4v) is 2.99. The van der Waals surface area contributed by atoms with Gasteiger partial charge in [-0.15, -0.1) is 0 Å². The molecule has 1 atom stereocenters. The first-order valence-corrected chi connectivity index (χ1v) is 7.71. The molecule has 2 aromatic rings. The molecule has 1 heterocycles. The van der Waals surface area contributed by atoms with Gasteiger partial charge in [-0.25, -0.2) is 0 Å². The van der Waals surface area contributed by atoms with Crippen molar-refractivity contribution in [2.45, 2.75) is 31.8 Å². The van der Waals surface area contributed by atoms with Crippen LogP contribution in [0.2, 0.25) is 0 Å². The number of ether oxygens (including phenoxy) is 1. The van der Waals surface area contributed by atoms with E-state index >= 15 is 0 Å². The molecule has 1 unspecified atom stereocenters. The average molecular weight is 316 g/mol. The van der Waals surface area contributed by atoms with E-state index in [2.05, 4.69) is 22.5 Å². The van der Waals surface area contributed by atoms with E-state index in [4.69, 9.17) is 4.74 Å². The van der Waals surface area contributed by atoms with Crippen LogP contribution in [0.5, 0.6) is 5.75 Å². The molecule has 0 saturated carbocycles. The van der Waals surface area contributed by atoms with Crippen molar-refractivity contribution in [2.75, 3.05) is 13.7 Å². The predicted octanol–water partition coefficient (Wildman–Crippen LogP) is 1.95. The number of rotatable bonds is 6. The van der Waals surface area contributed by atoms with Gasteiger partial charge in [-0.05, 0) is 42.5 Å². The van der Waals surface area contributed by atoms with Crippen LogP contribution in [-0.4, -0.2) is 34.4 Å². The summed E-state index contributed by atoms with van der Waals surface area (Å²) in [5, 5.41) is 18.1. The fraction of sp³-hybridized carbons (Fsp3) is 0.438. The summed E-state index contributed by atoms with van der Waals surface area (Å²) in [5.41, 5.74) is 2.76. The third-order valence-electron chi connectivity index (χ3n) is 4.25. The molecule has 1 aliphatic rings. The van der Waals surface area contributed by atoms with Crippen molar-refractivity contribution in [3.8, 4) is 5.75 Å². The highest BCUT2D eigenvalue weighted by Crippen LogP contribution is 2.25. The minimum Gasteiger partial charge on any atom is -0.497 e. The van der Waals surface area contributed by atoms with Crippen LogP contribution in [0.1, 0.15) is 17.5 Å². The molecule has 0 amide bonds. The van der Waals surface area contributed by atoms with Gasteiger partial charge in [0.25, 0.3) is 0 Å². The Labute approximate surface area is 134 Å². The smallest absolute Gasteiger partial charge is 0.306 e. The van der Waals surface area contributed by atoms with E-state index in [-0.39, 0.29) is 5.69 Å². The van der Waals surface area contributed by atoms with Crippen LogP contribution < -0.4 is 10.1 Å². The number of methoxy groups -OCH3 is 1. The average Bonchev–Trinajstić information content (AvgIpc) is 3.03. The first-order chi connectivity index (χ1) is 11.2. The number of nitro groups is 1. The lowest BCUT2D eigenvalue weighted by Gasteiger charge is -2.26. The van der Waals surface area contributed by atoms with Gasteiger partial charge in [0.15, 0.2) is 0 Å². The molecule has 7 heteroatoms. The Hall–Kier alpha value is -2.41. The molecular weight excluding hydrogens is 296 g/mol. The predicted molar refractivity (Wildman–Crippen MR) is 85.7 cm³/mol. The summed E-state index contributed by atoms with van der Waals surface area (Å²) in [7, 11) is 1.68. The lowest BCUT2D eigenvalue weighted by atomic mass is 9.88. The van der Waals surface area contributed by atoms with Crippen molar-refractivity contribution in [3.63, 3.8) is 0 Å². The maximum Gasteiger partial charge on any atom is 0.306 e. The van der Waals surface area contributed by atoms with E-state index in [9.17, 15) is 10.1 Å².